The van der Waals surface area contributed by atoms with Crippen molar-refractivity contribution in [2.75, 3.05) is 0 Å². The van der Waals surface area contributed by atoms with E-state index in [4.69, 9.17) is 0 Å². The Hall–Kier alpha value is -7.36. The number of hydrogen-bond acceptors (Lipinski definition) is 2. The highest BCUT2D eigenvalue weighted by Crippen LogP contribution is 2.41. The summed E-state index contributed by atoms with van der Waals surface area (Å²) >= 11 is 3.75. The van der Waals surface area contributed by atoms with Crippen molar-refractivity contribution in [2.24, 2.45) is 0 Å². The molecule has 328 valence electrons. The van der Waals surface area contributed by atoms with Gasteiger partial charge in [0, 0.05) is 40.3 Å². The summed E-state index contributed by atoms with van der Waals surface area (Å²) in [6.07, 6.45) is 0. The van der Waals surface area contributed by atoms with Crippen LogP contribution in [0.25, 0.3) is 107 Å². The molecule has 10 aromatic carbocycles. The highest BCUT2D eigenvalue weighted by atomic mass is 32.1. The van der Waals surface area contributed by atoms with Gasteiger partial charge in [-0.25, -0.2) is 0 Å². The molecule has 0 nitrogen and oxygen atoms in total. The van der Waals surface area contributed by atoms with E-state index < -0.39 is 0 Å². The number of hydrogen-bond donors (Lipinski definition) is 0. The maximum Gasteiger partial charge on any atom is 0.0433 e. The lowest BCUT2D eigenvalue weighted by Crippen LogP contribution is -1.87. The molecule has 0 radical (unpaired) electrons. The number of benzene rings is 10. The van der Waals surface area contributed by atoms with Crippen LogP contribution < -0.4 is 0 Å². The fourth-order valence-corrected chi connectivity index (χ4v) is 11.7. The average molecular weight is 909 g/mol. The molecule has 2 aromatic heterocycles. The number of rotatable bonds is 8. The van der Waals surface area contributed by atoms with Gasteiger partial charge in [0.2, 0.25) is 0 Å². The molecule has 12 aromatic rings. The van der Waals surface area contributed by atoms with Gasteiger partial charge in [-0.2, -0.15) is 0 Å². The molecule has 2 heteroatoms. The molecule has 2 heterocycles. The van der Waals surface area contributed by atoms with Gasteiger partial charge in [0.05, 0.1) is 0 Å². The van der Waals surface area contributed by atoms with Crippen molar-refractivity contribution >= 4 is 63.0 Å². The van der Waals surface area contributed by atoms with E-state index in [2.05, 4.69) is 258 Å². The molecular formula is C66H52S2. The first kappa shape index (κ1) is 43.2. The summed E-state index contributed by atoms with van der Waals surface area (Å²) in [6, 6.07) is 84.5. The predicted molar refractivity (Wildman–Crippen MR) is 299 cm³/mol. The third-order valence-electron chi connectivity index (χ3n) is 13.5. The second kappa shape index (κ2) is 18.7. The van der Waals surface area contributed by atoms with Crippen LogP contribution in [0.5, 0.6) is 0 Å². The molecule has 0 aliphatic rings. The third kappa shape index (κ3) is 8.70. The fraction of sp³-hybridized carbons (Fsp3) is 0.0909. The fourth-order valence-electron chi connectivity index (χ4n) is 9.41. The van der Waals surface area contributed by atoms with Crippen LogP contribution in [0.2, 0.25) is 0 Å². The Kier molecular flexibility index (Phi) is 11.9. The maximum atomic E-state index is 2.34. The van der Waals surface area contributed by atoms with E-state index in [1.54, 1.807) is 0 Å². The van der Waals surface area contributed by atoms with Crippen LogP contribution in [0.3, 0.4) is 0 Å². The van der Waals surface area contributed by atoms with E-state index in [0.29, 0.717) is 11.8 Å². The minimum Gasteiger partial charge on any atom is -0.135 e. The minimum absolute atomic E-state index is 0.560. The van der Waals surface area contributed by atoms with Gasteiger partial charge >= 0.3 is 0 Å². The smallest absolute Gasteiger partial charge is 0.0433 e. The van der Waals surface area contributed by atoms with Crippen molar-refractivity contribution in [3.63, 3.8) is 0 Å². The molecule has 0 bridgehead atoms. The largest absolute Gasteiger partial charge is 0.135 e. The molecule has 0 aliphatic carbocycles. The molecule has 0 spiro atoms. The van der Waals surface area contributed by atoms with Gasteiger partial charge in [-0.15, -0.1) is 22.7 Å². The van der Waals surface area contributed by atoms with Gasteiger partial charge < -0.3 is 0 Å². The Morgan fingerprint density at radius 3 is 1.01 bits per heavy atom. The summed E-state index contributed by atoms with van der Waals surface area (Å²) in [6.45, 7) is 8.94. The van der Waals surface area contributed by atoms with Crippen LogP contribution in [0.15, 0.2) is 231 Å². The Morgan fingerprint density at radius 2 is 0.574 bits per heavy atom. The molecule has 0 unspecified atom stereocenters. The third-order valence-corrected chi connectivity index (χ3v) is 15.8. The SMILES string of the molecule is CC(C)c1ccc(-c2ccc(-c3ccc(-c4ccc5sc6ccccc6c5c4)cc3)cc2)cc1.CC(C)c1ccc(-c2ccc(-c3ccc(-c4cccc5c4sc4ccccc45)cc3)cc2)cc1. The first-order chi connectivity index (χ1) is 33.3. The van der Waals surface area contributed by atoms with Crippen LogP contribution >= 0.6 is 22.7 Å². The van der Waals surface area contributed by atoms with Crippen molar-refractivity contribution in [3.05, 3.63) is 242 Å². The number of thiophene rings is 2. The van der Waals surface area contributed by atoms with Gasteiger partial charge in [-0.3, -0.25) is 0 Å². The van der Waals surface area contributed by atoms with E-state index in [1.165, 1.54) is 118 Å². The van der Waals surface area contributed by atoms with Crippen molar-refractivity contribution in [1.82, 2.24) is 0 Å². The quantitative estimate of drug-likeness (QED) is 0.143. The highest BCUT2D eigenvalue weighted by Gasteiger charge is 2.12. The standard InChI is InChI=1S/2C33H26S/c1-22(2)23-10-12-24(13-11-23)25-14-16-26(17-15-25)27-18-20-28(21-19-27)29-7-5-8-31-30-6-3-4-9-32(30)34-33(29)31;1-22(2)23-7-9-24(10-8-23)25-11-13-26(14-12-25)27-15-17-28(18-16-27)29-19-20-33-31(21-29)30-5-3-4-6-32(30)34-33/h2*3-22H,1-2H3. The van der Waals surface area contributed by atoms with E-state index in [9.17, 15) is 0 Å². The second-order valence-electron chi connectivity index (χ2n) is 18.5. The van der Waals surface area contributed by atoms with E-state index in [0.717, 1.165) is 0 Å². The first-order valence-corrected chi connectivity index (χ1v) is 25.4. The summed E-state index contributed by atoms with van der Waals surface area (Å²) in [7, 11) is 0. The van der Waals surface area contributed by atoms with Crippen LogP contribution in [0, 0.1) is 0 Å². The molecule has 0 aliphatic heterocycles. The van der Waals surface area contributed by atoms with Crippen LogP contribution in [-0.2, 0) is 0 Å². The summed E-state index contributed by atoms with van der Waals surface area (Å²) in [5, 5.41) is 5.39. The Balaban J connectivity index is 0.000000149. The number of fused-ring (bicyclic) bond motifs is 6. The van der Waals surface area contributed by atoms with Crippen molar-refractivity contribution in [3.8, 4) is 66.8 Å². The van der Waals surface area contributed by atoms with Crippen LogP contribution in [-0.4, -0.2) is 0 Å². The molecule has 0 fully saturated rings. The summed E-state index contributed by atoms with van der Waals surface area (Å²) in [5.41, 5.74) is 17.9. The summed E-state index contributed by atoms with van der Waals surface area (Å²) in [4.78, 5) is 0. The molecule has 68 heavy (non-hydrogen) atoms. The lowest BCUT2D eigenvalue weighted by atomic mass is 9.96. The van der Waals surface area contributed by atoms with Crippen molar-refractivity contribution < 1.29 is 0 Å². The molecule has 0 N–H and O–H groups in total. The lowest BCUT2D eigenvalue weighted by molar-refractivity contribution is 0.867. The Bertz CT molecular complexity index is 3650. The summed E-state index contributed by atoms with van der Waals surface area (Å²) < 4.78 is 5.41. The highest BCUT2D eigenvalue weighted by molar-refractivity contribution is 7.26. The van der Waals surface area contributed by atoms with E-state index in [1.807, 2.05) is 22.7 Å². The topological polar surface area (TPSA) is 0 Å². The molecular weight excluding hydrogens is 857 g/mol. The zero-order valence-corrected chi connectivity index (χ0v) is 40.5. The van der Waals surface area contributed by atoms with Gasteiger partial charge in [0.25, 0.3) is 0 Å². The van der Waals surface area contributed by atoms with Gasteiger partial charge in [0.15, 0.2) is 0 Å². The average Bonchev–Trinajstić information content (AvgIpc) is 3.98. The molecule has 0 atom stereocenters. The van der Waals surface area contributed by atoms with Gasteiger partial charge in [0.1, 0.15) is 0 Å². The first-order valence-electron chi connectivity index (χ1n) is 23.8. The van der Waals surface area contributed by atoms with E-state index >= 15 is 0 Å². The van der Waals surface area contributed by atoms with Crippen molar-refractivity contribution in [1.29, 1.82) is 0 Å². The lowest BCUT2D eigenvalue weighted by Gasteiger charge is -2.09. The molecule has 0 saturated carbocycles. The van der Waals surface area contributed by atoms with E-state index in [-0.39, 0.29) is 0 Å². The monoisotopic (exact) mass is 908 g/mol. The zero-order chi connectivity index (χ0) is 46.1. The summed E-state index contributed by atoms with van der Waals surface area (Å²) in [5.74, 6) is 1.12. The molecule has 12 rings (SSSR count). The second-order valence-corrected chi connectivity index (χ2v) is 20.6. The van der Waals surface area contributed by atoms with Gasteiger partial charge in [-0.05, 0) is 114 Å². The van der Waals surface area contributed by atoms with Crippen molar-refractivity contribution in [2.45, 2.75) is 39.5 Å². The Labute approximate surface area is 408 Å². The Morgan fingerprint density at radius 1 is 0.250 bits per heavy atom. The molecule has 0 saturated heterocycles. The maximum absolute atomic E-state index is 2.34. The van der Waals surface area contributed by atoms with Crippen LogP contribution in [0.1, 0.15) is 50.7 Å². The normalized spacial score (nSPS) is 11.5. The van der Waals surface area contributed by atoms with Gasteiger partial charge in [-0.1, -0.05) is 234 Å². The minimum atomic E-state index is 0.560. The molecule has 0 amide bonds. The predicted octanol–water partition coefficient (Wildman–Crippen LogP) is 20.4. The zero-order valence-electron chi connectivity index (χ0n) is 38.9. The van der Waals surface area contributed by atoms with Crippen LogP contribution in [0.4, 0.5) is 0 Å².